The summed E-state index contributed by atoms with van der Waals surface area (Å²) in [6.45, 7) is 0. The summed E-state index contributed by atoms with van der Waals surface area (Å²) < 4.78 is 0. The van der Waals surface area contributed by atoms with E-state index < -0.39 is 9.92 Å². The number of alkyl halides is 4. The molecule has 0 atom stereocenters. The molecule has 44 valence electrons. The fourth-order valence-corrected chi connectivity index (χ4v) is 0.857. The molecule has 0 aliphatic carbocycles. The van der Waals surface area contributed by atoms with E-state index in [0.29, 0.717) is 0 Å². The quantitative estimate of drug-likeness (QED) is 0.510. The van der Waals surface area contributed by atoms with Crippen molar-refractivity contribution in [1.29, 1.82) is 0 Å². The average Bonchev–Trinajstić information content (AvgIpc) is 1.27. The number of hydrogen-bond donors (Lipinski definition) is 1. The van der Waals surface area contributed by atoms with E-state index >= 15 is 0 Å². The highest BCUT2D eigenvalue weighted by atomic mass is 35.5. The Hall–Kier alpha value is 1.12. The molecular weight excluding hydrogens is 180 g/mol. The van der Waals surface area contributed by atoms with Gasteiger partial charge in [0.05, 0.1) is 0 Å². The maximum atomic E-state index is 5.16. The molecule has 0 amide bonds. The third-order valence-electron chi connectivity index (χ3n) is 0.252. The van der Waals surface area contributed by atoms with E-state index in [1.807, 2.05) is 0 Å². The number of rotatable bonds is 2. The normalized spacial score (nSPS) is 11.1. The molecule has 0 fully saturated rings. The van der Waals surface area contributed by atoms with Gasteiger partial charge in [-0.25, -0.2) is 0 Å². The highest BCUT2D eigenvalue weighted by molar-refractivity contribution is 6.47. The molecule has 0 aromatic rings. The Morgan fingerprint density at radius 2 is 1.14 bits per heavy atom. The minimum Gasteiger partial charge on any atom is -0.260 e. The molecule has 0 heterocycles. The van der Waals surface area contributed by atoms with Crippen LogP contribution >= 0.6 is 46.4 Å². The maximum Gasteiger partial charge on any atom is 0.160 e. The Morgan fingerprint density at radius 3 is 1.14 bits per heavy atom. The average molecular weight is 183 g/mol. The lowest BCUT2D eigenvalue weighted by atomic mass is 11.2. The lowest BCUT2D eigenvalue weighted by Crippen LogP contribution is -2.22. The van der Waals surface area contributed by atoms with Crippen molar-refractivity contribution >= 4 is 46.4 Å². The molecule has 0 rings (SSSR count). The summed E-state index contributed by atoms with van der Waals surface area (Å²) in [5, 5.41) is 2.37. The first-order chi connectivity index (χ1) is 3.13. The third-order valence-corrected chi connectivity index (χ3v) is 0.756. The third kappa shape index (κ3) is 7.12. The zero-order valence-electron chi connectivity index (χ0n) is 3.17. The summed E-state index contributed by atoms with van der Waals surface area (Å²) in [7, 11) is 0. The Balaban J connectivity index is 2.95. The van der Waals surface area contributed by atoms with E-state index in [2.05, 4.69) is 5.32 Å². The predicted molar refractivity (Wildman–Crippen MR) is 34.1 cm³/mol. The van der Waals surface area contributed by atoms with Crippen LogP contribution < -0.4 is 5.32 Å². The Bertz CT molecular complexity index is 39.0. The Kier molecular flexibility index (Phi) is 4.69. The lowest BCUT2D eigenvalue weighted by Gasteiger charge is -2.01. The zero-order valence-corrected chi connectivity index (χ0v) is 6.19. The predicted octanol–water partition coefficient (Wildman–Crippen LogP) is 2.10. The van der Waals surface area contributed by atoms with E-state index in [9.17, 15) is 0 Å². The Labute approximate surface area is 61.9 Å². The molecular formula is C2H3Cl4N. The van der Waals surface area contributed by atoms with Gasteiger partial charge in [0.1, 0.15) is 0 Å². The van der Waals surface area contributed by atoms with Gasteiger partial charge in [0.25, 0.3) is 0 Å². The van der Waals surface area contributed by atoms with E-state index in [-0.39, 0.29) is 0 Å². The van der Waals surface area contributed by atoms with Gasteiger partial charge in [-0.05, 0) is 0 Å². The molecule has 0 aromatic heterocycles. The van der Waals surface area contributed by atoms with Crippen LogP contribution in [-0.4, -0.2) is 9.92 Å². The van der Waals surface area contributed by atoms with Gasteiger partial charge in [0.2, 0.25) is 0 Å². The molecule has 5 heteroatoms. The first kappa shape index (κ1) is 8.12. The van der Waals surface area contributed by atoms with Crippen molar-refractivity contribution < 1.29 is 0 Å². The van der Waals surface area contributed by atoms with Crippen LogP contribution in [0.25, 0.3) is 0 Å². The standard InChI is InChI=1S/C2H3Cl4N/c3-1(4)7-2(5)6/h1-2,7H. The summed E-state index contributed by atoms with van der Waals surface area (Å²) in [5.41, 5.74) is 0. The second kappa shape index (κ2) is 4.04. The van der Waals surface area contributed by atoms with Crippen molar-refractivity contribution in [3.8, 4) is 0 Å². The fraction of sp³-hybridized carbons (Fsp3) is 1.00. The topological polar surface area (TPSA) is 12.0 Å². The van der Waals surface area contributed by atoms with Crippen LogP contribution in [-0.2, 0) is 0 Å². The van der Waals surface area contributed by atoms with Gasteiger partial charge >= 0.3 is 0 Å². The van der Waals surface area contributed by atoms with Gasteiger partial charge in [-0.15, -0.1) is 0 Å². The second-order valence-corrected chi connectivity index (χ2v) is 2.96. The van der Waals surface area contributed by atoms with Gasteiger partial charge in [-0.3, -0.25) is 5.32 Å². The molecule has 0 aliphatic rings. The van der Waals surface area contributed by atoms with Crippen LogP contribution in [0, 0.1) is 0 Å². The highest BCUT2D eigenvalue weighted by Gasteiger charge is 2.00. The molecule has 0 bridgehead atoms. The fourth-order valence-electron chi connectivity index (χ4n) is 0.0952. The molecule has 0 unspecified atom stereocenters. The smallest absolute Gasteiger partial charge is 0.160 e. The minimum absolute atomic E-state index is 0.694. The maximum absolute atomic E-state index is 5.16. The molecule has 0 saturated carbocycles. The molecule has 7 heavy (non-hydrogen) atoms. The van der Waals surface area contributed by atoms with Crippen LogP contribution in [0.4, 0.5) is 0 Å². The molecule has 0 aliphatic heterocycles. The summed E-state index contributed by atoms with van der Waals surface area (Å²) in [6.07, 6.45) is 0. The molecule has 1 nitrogen and oxygen atoms in total. The van der Waals surface area contributed by atoms with E-state index in [4.69, 9.17) is 46.4 Å². The zero-order chi connectivity index (χ0) is 5.86. The largest absolute Gasteiger partial charge is 0.260 e. The summed E-state index contributed by atoms with van der Waals surface area (Å²) >= 11 is 20.6. The first-order valence-corrected chi connectivity index (χ1v) is 3.20. The van der Waals surface area contributed by atoms with Crippen LogP contribution in [0.3, 0.4) is 0 Å². The van der Waals surface area contributed by atoms with Crippen molar-refractivity contribution in [2.45, 2.75) is 9.92 Å². The number of halogens is 4. The molecule has 0 aromatic carbocycles. The summed E-state index contributed by atoms with van der Waals surface area (Å²) in [6, 6.07) is 0. The monoisotopic (exact) mass is 181 g/mol. The molecule has 0 radical (unpaired) electrons. The van der Waals surface area contributed by atoms with Crippen LogP contribution in [0.5, 0.6) is 0 Å². The van der Waals surface area contributed by atoms with Gasteiger partial charge < -0.3 is 0 Å². The van der Waals surface area contributed by atoms with E-state index in [0.717, 1.165) is 0 Å². The molecule has 0 spiro atoms. The lowest BCUT2D eigenvalue weighted by molar-refractivity contribution is 0.837. The van der Waals surface area contributed by atoms with Crippen molar-refractivity contribution in [2.24, 2.45) is 0 Å². The summed E-state index contributed by atoms with van der Waals surface area (Å²) in [4.78, 5) is -1.39. The number of hydrogen-bond acceptors (Lipinski definition) is 1. The number of nitrogens with one attached hydrogen (secondary N) is 1. The van der Waals surface area contributed by atoms with Crippen molar-refractivity contribution in [2.75, 3.05) is 0 Å². The SMILES string of the molecule is ClC(Cl)NC(Cl)Cl. The second-order valence-electron chi connectivity index (χ2n) is 0.768. The van der Waals surface area contributed by atoms with Crippen LogP contribution in [0.15, 0.2) is 0 Å². The van der Waals surface area contributed by atoms with Crippen LogP contribution in [0.2, 0.25) is 0 Å². The van der Waals surface area contributed by atoms with Crippen molar-refractivity contribution in [1.82, 2.24) is 5.32 Å². The first-order valence-electron chi connectivity index (χ1n) is 1.45. The minimum atomic E-state index is -0.694. The van der Waals surface area contributed by atoms with Gasteiger partial charge in [-0.1, -0.05) is 46.4 Å². The highest BCUT2D eigenvalue weighted by Crippen LogP contribution is 2.03. The van der Waals surface area contributed by atoms with Crippen molar-refractivity contribution in [3.05, 3.63) is 0 Å². The van der Waals surface area contributed by atoms with E-state index in [1.165, 1.54) is 0 Å². The van der Waals surface area contributed by atoms with E-state index in [1.54, 1.807) is 0 Å². The van der Waals surface area contributed by atoms with Gasteiger partial charge in [0.15, 0.2) is 9.92 Å². The Morgan fingerprint density at radius 1 is 0.857 bits per heavy atom. The van der Waals surface area contributed by atoms with Crippen molar-refractivity contribution in [3.63, 3.8) is 0 Å². The van der Waals surface area contributed by atoms with Gasteiger partial charge in [-0.2, -0.15) is 0 Å². The molecule has 1 N–H and O–H groups in total. The summed E-state index contributed by atoms with van der Waals surface area (Å²) in [5.74, 6) is 0. The van der Waals surface area contributed by atoms with Crippen LogP contribution in [0.1, 0.15) is 0 Å². The van der Waals surface area contributed by atoms with Gasteiger partial charge in [0, 0.05) is 0 Å². The molecule has 0 saturated heterocycles.